The maximum Gasteiger partial charge on any atom is 0.225 e. The number of benzene rings is 1. The highest BCUT2D eigenvalue weighted by atomic mass is 35.5. The molecular weight excluding hydrogens is 308 g/mol. The molecule has 1 atom stereocenters. The van der Waals surface area contributed by atoms with E-state index in [1.54, 1.807) is 0 Å². The summed E-state index contributed by atoms with van der Waals surface area (Å²) in [7, 11) is 0. The van der Waals surface area contributed by atoms with Crippen molar-refractivity contribution >= 4 is 29.1 Å². The number of nitrogens with one attached hydrogen (secondary N) is 2. The summed E-state index contributed by atoms with van der Waals surface area (Å²) >= 11 is 6.32. The monoisotopic (exact) mass is 330 g/mol. The summed E-state index contributed by atoms with van der Waals surface area (Å²) in [4.78, 5) is 9.29. The molecule has 23 heavy (non-hydrogen) atoms. The zero-order chi connectivity index (χ0) is 16.4. The van der Waals surface area contributed by atoms with E-state index in [4.69, 9.17) is 11.6 Å². The fraction of sp³-hybridized carbons (Fsp3) is 0.444. The van der Waals surface area contributed by atoms with Gasteiger partial charge in [0.25, 0.3) is 0 Å². The number of nitrogens with zero attached hydrogens (tertiary/aromatic N) is 2. The van der Waals surface area contributed by atoms with E-state index in [-0.39, 0.29) is 0 Å². The molecule has 4 nitrogen and oxygen atoms in total. The Hall–Kier alpha value is -1.81. The van der Waals surface area contributed by atoms with E-state index in [2.05, 4.69) is 34.4 Å². The number of halogens is 1. The Morgan fingerprint density at radius 3 is 2.74 bits per heavy atom. The third kappa shape index (κ3) is 3.94. The zero-order valence-corrected chi connectivity index (χ0v) is 14.6. The number of hydrogen-bond acceptors (Lipinski definition) is 4. The van der Waals surface area contributed by atoms with Crippen molar-refractivity contribution in [1.29, 1.82) is 0 Å². The van der Waals surface area contributed by atoms with E-state index in [1.807, 2.05) is 31.2 Å². The molecule has 0 aliphatic heterocycles. The lowest BCUT2D eigenvalue weighted by atomic mass is 10.2. The molecule has 0 radical (unpaired) electrons. The lowest BCUT2D eigenvalue weighted by Gasteiger charge is -2.15. The van der Waals surface area contributed by atoms with E-state index in [0.29, 0.717) is 22.9 Å². The molecule has 0 spiro atoms. The molecule has 0 saturated heterocycles. The standard InChI is InChI=1S/C18H23ClN4/c1-4-12(3)20-18-21-15(13-8-9-13)10-16(23-18)22-17-11(2)6-5-7-14(17)19/h5-7,10,12-13H,4,8-9H2,1-3H3,(H2,20,21,22,23)/t12-/m0/s1. The predicted octanol–water partition coefficient (Wildman–Crippen LogP) is 5.27. The van der Waals surface area contributed by atoms with Crippen LogP contribution >= 0.6 is 11.6 Å². The first kappa shape index (κ1) is 16.1. The first-order valence-electron chi connectivity index (χ1n) is 8.24. The number of aromatic nitrogens is 2. The van der Waals surface area contributed by atoms with Crippen LogP contribution in [0.15, 0.2) is 24.3 Å². The molecule has 0 bridgehead atoms. The van der Waals surface area contributed by atoms with E-state index in [1.165, 1.54) is 12.8 Å². The van der Waals surface area contributed by atoms with Crippen LogP contribution in [0.2, 0.25) is 5.02 Å². The topological polar surface area (TPSA) is 49.8 Å². The van der Waals surface area contributed by atoms with Gasteiger partial charge in [-0.1, -0.05) is 30.7 Å². The van der Waals surface area contributed by atoms with Crippen molar-refractivity contribution in [3.63, 3.8) is 0 Å². The van der Waals surface area contributed by atoms with Crippen molar-refractivity contribution in [3.8, 4) is 0 Å². The van der Waals surface area contributed by atoms with Gasteiger partial charge in [0.2, 0.25) is 5.95 Å². The summed E-state index contributed by atoms with van der Waals surface area (Å²) in [6.45, 7) is 6.32. The second-order valence-electron chi connectivity index (χ2n) is 6.29. The molecule has 1 aromatic heterocycles. The van der Waals surface area contributed by atoms with Gasteiger partial charge in [0, 0.05) is 18.0 Å². The molecule has 2 aromatic rings. The molecule has 1 aromatic carbocycles. The molecule has 1 aliphatic carbocycles. The van der Waals surface area contributed by atoms with E-state index in [0.717, 1.165) is 29.2 Å². The highest BCUT2D eigenvalue weighted by Gasteiger charge is 2.26. The molecule has 5 heteroatoms. The molecule has 122 valence electrons. The Balaban J connectivity index is 1.91. The zero-order valence-electron chi connectivity index (χ0n) is 13.9. The number of para-hydroxylation sites is 1. The molecule has 3 rings (SSSR count). The SMILES string of the molecule is CC[C@H](C)Nc1nc(Nc2c(C)cccc2Cl)cc(C2CC2)n1. The molecule has 1 heterocycles. The summed E-state index contributed by atoms with van der Waals surface area (Å²) in [6, 6.07) is 8.27. The number of aryl methyl sites for hydroxylation is 1. The molecule has 2 N–H and O–H groups in total. The Bertz CT molecular complexity index is 677. The average Bonchev–Trinajstić information content (AvgIpc) is 3.35. The van der Waals surface area contributed by atoms with E-state index < -0.39 is 0 Å². The average molecular weight is 331 g/mol. The van der Waals surface area contributed by atoms with Gasteiger partial charge < -0.3 is 10.6 Å². The minimum Gasteiger partial charge on any atom is -0.352 e. The minimum atomic E-state index is 0.347. The fourth-order valence-corrected chi connectivity index (χ4v) is 2.69. The largest absolute Gasteiger partial charge is 0.352 e. The lowest BCUT2D eigenvalue weighted by Crippen LogP contribution is -2.16. The van der Waals surface area contributed by atoms with Gasteiger partial charge >= 0.3 is 0 Å². The van der Waals surface area contributed by atoms with Crippen LogP contribution in [-0.2, 0) is 0 Å². The number of hydrogen-bond donors (Lipinski definition) is 2. The van der Waals surface area contributed by atoms with E-state index in [9.17, 15) is 0 Å². The second-order valence-corrected chi connectivity index (χ2v) is 6.69. The van der Waals surface area contributed by atoms with Crippen LogP contribution < -0.4 is 10.6 Å². The molecule has 0 amide bonds. The Morgan fingerprint density at radius 1 is 1.30 bits per heavy atom. The van der Waals surface area contributed by atoms with Crippen LogP contribution in [-0.4, -0.2) is 16.0 Å². The van der Waals surface area contributed by atoms with Crippen LogP contribution in [0.4, 0.5) is 17.5 Å². The van der Waals surface area contributed by atoms with Gasteiger partial charge in [-0.2, -0.15) is 4.98 Å². The van der Waals surface area contributed by atoms with Gasteiger partial charge in [-0.25, -0.2) is 4.98 Å². The fourth-order valence-electron chi connectivity index (χ4n) is 2.42. The summed E-state index contributed by atoms with van der Waals surface area (Å²) in [5, 5.41) is 7.45. The Morgan fingerprint density at radius 2 is 2.09 bits per heavy atom. The molecular formula is C18H23ClN4. The molecule has 1 aliphatic rings. The first-order valence-corrected chi connectivity index (χ1v) is 8.62. The Kier molecular flexibility index (Phi) is 4.71. The number of rotatable bonds is 6. The molecule has 1 saturated carbocycles. The number of anilines is 3. The molecule has 1 fully saturated rings. The smallest absolute Gasteiger partial charge is 0.225 e. The van der Waals surface area contributed by atoms with Crippen LogP contribution in [0, 0.1) is 6.92 Å². The first-order chi connectivity index (χ1) is 11.1. The lowest BCUT2D eigenvalue weighted by molar-refractivity contribution is 0.750. The van der Waals surface area contributed by atoms with Crippen molar-refractivity contribution in [2.75, 3.05) is 10.6 Å². The summed E-state index contributed by atoms with van der Waals surface area (Å²) in [6.07, 6.45) is 3.46. The van der Waals surface area contributed by atoms with Crippen LogP contribution in [0.25, 0.3) is 0 Å². The third-order valence-corrected chi connectivity index (χ3v) is 4.52. The van der Waals surface area contributed by atoms with Gasteiger partial charge in [-0.15, -0.1) is 0 Å². The van der Waals surface area contributed by atoms with Gasteiger partial charge in [0.05, 0.1) is 16.4 Å². The van der Waals surface area contributed by atoms with Crippen molar-refractivity contribution in [2.24, 2.45) is 0 Å². The summed E-state index contributed by atoms with van der Waals surface area (Å²) in [5.74, 6) is 2.06. The van der Waals surface area contributed by atoms with Crippen molar-refractivity contribution < 1.29 is 0 Å². The van der Waals surface area contributed by atoms with Gasteiger partial charge in [-0.05, 0) is 44.7 Å². The van der Waals surface area contributed by atoms with Crippen LogP contribution in [0.5, 0.6) is 0 Å². The maximum absolute atomic E-state index is 6.32. The van der Waals surface area contributed by atoms with Crippen LogP contribution in [0.1, 0.15) is 50.3 Å². The Labute approximate surface area is 142 Å². The van der Waals surface area contributed by atoms with Crippen molar-refractivity contribution in [3.05, 3.63) is 40.5 Å². The predicted molar refractivity (Wildman–Crippen MR) is 96.9 cm³/mol. The summed E-state index contributed by atoms with van der Waals surface area (Å²) < 4.78 is 0. The maximum atomic E-state index is 6.32. The van der Waals surface area contributed by atoms with E-state index >= 15 is 0 Å². The highest BCUT2D eigenvalue weighted by molar-refractivity contribution is 6.33. The van der Waals surface area contributed by atoms with Crippen molar-refractivity contribution in [1.82, 2.24) is 9.97 Å². The minimum absolute atomic E-state index is 0.347. The second kappa shape index (κ2) is 6.75. The van der Waals surface area contributed by atoms with Gasteiger partial charge in [0.1, 0.15) is 5.82 Å². The van der Waals surface area contributed by atoms with Gasteiger partial charge in [0.15, 0.2) is 0 Å². The highest BCUT2D eigenvalue weighted by Crippen LogP contribution is 2.40. The normalized spacial score (nSPS) is 15.3. The molecule has 0 unspecified atom stereocenters. The van der Waals surface area contributed by atoms with Crippen molar-refractivity contribution in [2.45, 2.75) is 52.0 Å². The van der Waals surface area contributed by atoms with Crippen LogP contribution in [0.3, 0.4) is 0 Å². The summed E-state index contributed by atoms with van der Waals surface area (Å²) in [5.41, 5.74) is 3.11. The quantitative estimate of drug-likeness (QED) is 0.757. The third-order valence-electron chi connectivity index (χ3n) is 4.20. The van der Waals surface area contributed by atoms with Gasteiger partial charge in [-0.3, -0.25) is 0 Å².